The van der Waals surface area contributed by atoms with Gasteiger partial charge in [0.15, 0.2) is 9.84 Å². The minimum Gasteiger partial charge on any atom is -0.338 e. The van der Waals surface area contributed by atoms with Crippen LogP contribution in [0.3, 0.4) is 0 Å². The summed E-state index contributed by atoms with van der Waals surface area (Å²) in [6, 6.07) is 17.1. The van der Waals surface area contributed by atoms with Crippen LogP contribution in [0.2, 0.25) is 0 Å². The Hall–Kier alpha value is -2.27. The summed E-state index contributed by atoms with van der Waals surface area (Å²) in [5.41, 5.74) is 1.83. The van der Waals surface area contributed by atoms with Gasteiger partial charge in [-0.3, -0.25) is 4.79 Å². The molecule has 3 aliphatic heterocycles. The molecular formula is C30H39N3O5S2. The molecule has 1 aliphatic carbocycles. The van der Waals surface area contributed by atoms with Crippen LogP contribution in [-0.2, 0) is 31.2 Å². The van der Waals surface area contributed by atoms with Crippen LogP contribution in [0.25, 0.3) is 0 Å². The van der Waals surface area contributed by atoms with Crippen molar-refractivity contribution in [1.29, 1.82) is 0 Å². The van der Waals surface area contributed by atoms with E-state index in [1.165, 1.54) is 11.8 Å². The van der Waals surface area contributed by atoms with Gasteiger partial charge in [-0.25, -0.2) is 21.1 Å². The number of nitrogens with zero attached hydrogens (tertiary/aromatic N) is 3. The van der Waals surface area contributed by atoms with Gasteiger partial charge in [0.25, 0.3) is 0 Å². The minimum atomic E-state index is -3.24. The van der Waals surface area contributed by atoms with E-state index in [2.05, 4.69) is 17.0 Å². The number of amides is 1. The SMILES string of the molecule is CS(=O)(=O)c1ccc(CN2CCC3(CCN(C[C@H]4CN(S(=O)(=O)C5CC5)C[C@@H]4c4ccccc4)CC3)C2=O)cc1. The lowest BCUT2D eigenvalue weighted by atomic mass is 9.76. The maximum Gasteiger partial charge on any atom is 0.229 e. The van der Waals surface area contributed by atoms with Crippen LogP contribution < -0.4 is 0 Å². The van der Waals surface area contributed by atoms with E-state index in [4.69, 9.17) is 0 Å². The van der Waals surface area contributed by atoms with Crippen molar-refractivity contribution < 1.29 is 21.6 Å². The average Bonchev–Trinajstić information content (AvgIpc) is 3.66. The molecule has 4 fully saturated rings. The maximum absolute atomic E-state index is 13.6. The lowest BCUT2D eigenvalue weighted by Gasteiger charge is -2.39. The van der Waals surface area contributed by atoms with Crippen LogP contribution in [0.15, 0.2) is 59.5 Å². The molecule has 4 aliphatic rings. The van der Waals surface area contributed by atoms with Crippen LogP contribution in [-0.4, -0.2) is 87.6 Å². The van der Waals surface area contributed by atoms with Gasteiger partial charge in [0.1, 0.15) is 0 Å². The fourth-order valence-electron chi connectivity index (χ4n) is 6.94. The first-order valence-electron chi connectivity index (χ1n) is 14.4. The van der Waals surface area contributed by atoms with E-state index in [9.17, 15) is 21.6 Å². The summed E-state index contributed by atoms with van der Waals surface area (Å²) in [6.45, 7) is 4.89. The predicted octanol–water partition coefficient (Wildman–Crippen LogP) is 3.11. The lowest BCUT2D eigenvalue weighted by molar-refractivity contribution is -0.139. The molecule has 1 amide bonds. The molecule has 2 aromatic carbocycles. The van der Waals surface area contributed by atoms with Crippen molar-refractivity contribution in [1.82, 2.24) is 14.1 Å². The molecule has 1 spiro atoms. The summed E-state index contributed by atoms with van der Waals surface area (Å²) in [5.74, 6) is 0.628. The van der Waals surface area contributed by atoms with Gasteiger partial charge in [-0.1, -0.05) is 42.5 Å². The van der Waals surface area contributed by atoms with E-state index >= 15 is 0 Å². The smallest absolute Gasteiger partial charge is 0.229 e. The maximum atomic E-state index is 13.6. The van der Waals surface area contributed by atoms with Crippen molar-refractivity contribution in [2.75, 3.05) is 45.5 Å². The van der Waals surface area contributed by atoms with Crippen molar-refractivity contribution >= 4 is 25.8 Å². The monoisotopic (exact) mass is 585 g/mol. The van der Waals surface area contributed by atoms with Gasteiger partial charge in [0.2, 0.25) is 15.9 Å². The first kappa shape index (κ1) is 27.9. The van der Waals surface area contributed by atoms with Crippen molar-refractivity contribution in [2.45, 2.75) is 54.7 Å². The van der Waals surface area contributed by atoms with E-state index in [1.54, 1.807) is 28.6 Å². The number of carbonyl (C=O) groups is 1. The van der Waals surface area contributed by atoms with E-state index in [0.717, 1.165) is 63.8 Å². The zero-order valence-corrected chi connectivity index (χ0v) is 24.7. The molecule has 216 valence electrons. The zero-order valence-electron chi connectivity index (χ0n) is 23.1. The molecule has 0 unspecified atom stereocenters. The number of sulfone groups is 1. The molecule has 2 atom stereocenters. The molecule has 2 aromatic rings. The van der Waals surface area contributed by atoms with Crippen LogP contribution in [0.5, 0.6) is 0 Å². The number of rotatable bonds is 8. The van der Waals surface area contributed by atoms with Gasteiger partial charge in [0.05, 0.1) is 15.6 Å². The predicted molar refractivity (Wildman–Crippen MR) is 154 cm³/mol. The highest BCUT2D eigenvalue weighted by molar-refractivity contribution is 7.90. The molecule has 1 saturated carbocycles. The fourth-order valence-corrected chi connectivity index (χ4v) is 9.50. The summed E-state index contributed by atoms with van der Waals surface area (Å²) in [4.78, 5) is 18.2. The first-order chi connectivity index (χ1) is 19.0. The second-order valence-corrected chi connectivity index (χ2v) is 16.5. The molecule has 3 heterocycles. The summed E-state index contributed by atoms with van der Waals surface area (Å²) in [6.07, 6.45) is 5.26. The van der Waals surface area contributed by atoms with Crippen LogP contribution in [0, 0.1) is 11.3 Å². The van der Waals surface area contributed by atoms with Crippen molar-refractivity contribution in [3.8, 4) is 0 Å². The summed E-state index contributed by atoms with van der Waals surface area (Å²) in [7, 11) is -6.46. The number of hydrogen-bond donors (Lipinski definition) is 0. The van der Waals surface area contributed by atoms with Gasteiger partial charge in [0, 0.05) is 44.9 Å². The normalized spacial score (nSPS) is 26.1. The highest BCUT2D eigenvalue weighted by Gasteiger charge is 2.49. The van der Waals surface area contributed by atoms with Gasteiger partial charge >= 0.3 is 0 Å². The van der Waals surface area contributed by atoms with E-state index in [0.29, 0.717) is 19.6 Å². The van der Waals surface area contributed by atoms with Gasteiger partial charge < -0.3 is 9.80 Å². The Kier molecular flexibility index (Phi) is 7.34. The average molecular weight is 586 g/mol. The molecule has 0 N–H and O–H groups in total. The van der Waals surface area contributed by atoms with Crippen LogP contribution >= 0.6 is 0 Å². The summed E-state index contributed by atoms with van der Waals surface area (Å²) < 4.78 is 51.4. The molecule has 8 nitrogen and oxygen atoms in total. The van der Waals surface area contributed by atoms with Crippen molar-refractivity contribution in [3.05, 3.63) is 65.7 Å². The molecule has 6 rings (SSSR count). The Morgan fingerprint density at radius 1 is 0.850 bits per heavy atom. The Morgan fingerprint density at radius 2 is 1.50 bits per heavy atom. The topological polar surface area (TPSA) is 95.1 Å². The Bertz CT molecular complexity index is 1450. The zero-order chi connectivity index (χ0) is 28.1. The lowest BCUT2D eigenvalue weighted by Crippen LogP contribution is -2.46. The third-order valence-corrected chi connectivity index (χ3v) is 13.0. The highest BCUT2D eigenvalue weighted by Crippen LogP contribution is 2.44. The third kappa shape index (κ3) is 5.47. The van der Waals surface area contributed by atoms with E-state index in [1.807, 2.05) is 23.1 Å². The quantitative estimate of drug-likeness (QED) is 0.473. The second kappa shape index (κ2) is 10.5. The van der Waals surface area contributed by atoms with E-state index in [-0.39, 0.29) is 33.3 Å². The van der Waals surface area contributed by atoms with Crippen LogP contribution in [0.1, 0.15) is 49.1 Å². The number of likely N-dealkylation sites (tertiary alicyclic amines) is 2. The van der Waals surface area contributed by atoms with Gasteiger partial charge in [-0.15, -0.1) is 0 Å². The summed E-state index contributed by atoms with van der Waals surface area (Å²) in [5, 5.41) is -0.188. The first-order valence-corrected chi connectivity index (χ1v) is 17.8. The van der Waals surface area contributed by atoms with Crippen molar-refractivity contribution in [2.24, 2.45) is 11.3 Å². The summed E-state index contributed by atoms with van der Waals surface area (Å²) >= 11 is 0. The molecule has 10 heteroatoms. The Morgan fingerprint density at radius 3 is 2.12 bits per heavy atom. The van der Waals surface area contributed by atoms with Gasteiger partial charge in [-0.2, -0.15) is 0 Å². The number of carbonyl (C=O) groups excluding carboxylic acids is 1. The fraction of sp³-hybridized carbons (Fsp3) is 0.567. The molecule has 0 radical (unpaired) electrons. The molecular weight excluding hydrogens is 546 g/mol. The highest BCUT2D eigenvalue weighted by atomic mass is 32.2. The molecule has 40 heavy (non-hydrogen) atoms. The Balaban J connectivity index is 1.08. The largest absolute Gasteiger partial charge is 0.338 e. The second-order valence-electron chi connectivity index (χ2n) is 12.3. The number of piperidine rings is 1. The molecule has 3 saturated heterocycles. The van der Waals surface area contributed by atoms with Crippen LogP contribution in [0.4, 0.5) is 0 Å². The van der Waals surface area contributed by atoms with Crippen molar-refractivity contribution in [3.63, 3.8) is 0 Å². The molecule has 0 bridgehead atoms. The number of sulfonamides is 1. The standard InChI is InChI=1S/C30H39N3O5S2/c1-39(35,36)26-9-7-23(8-10-26)19-32-18-15-30(29(32)34)13-16-31(17-14-30)20-25-21-33(40(37,38)27-11-12-27)22-28(25)24-5-3-2-4-6-24/h2-10,25,27-28H,11-22H2,1H3/t25-,28+/m0/s1. The minimum absolute atomic E-state index is 0.184. The Labute approximate surface area is 238 Å². The third-order valence-electron chi connectivity index (χ3n) is 9.57. The number of hydrogen-bond acceptors (Lipinski definition) is 6. The van der Waals surface area contributed by atoms with Gasteiger partial charge in [-0.05, 0) is 74.4 Å². The van der Waals surface area contributed by atoms with E-state index < -0.39 is 19.9 Å². The number of benzene rings is 2. The molecule has 0 aromatic heterocycles.